The first kappa shape index (κ1) is 29.6. The average Bonchev–Trinajstić information content (AvgIpc) is 2.14. The number of hydrogen-bond acceptors (Lipinski definition) is 0. The van der Waals surface area contributed by atoms with E-state index in [-0.39, 0.29) is 7.43 Å². The van der Waals surface area contributed by atoms with Crippen molar-refractivity contribution < 1.29 is 0 Å². The van der Waals surface area contributed by atoms with Gasteiger partial charge in [0, 0.05) is 0 Å². The maximum atomic E-state index is 4.00. The van der Waals surface area contributed by atoms with Crippen molar-refractivity contribution in [3.63, 3.8) is 0 Å². The van der Waals surface area contributed by atoms with Crippen LogP contribution in [-0.4, -0.2) is 0 Å². The van der Waals surface area contributed by atoms with Gasteiger partial charge < -0.3 is 0 Å². The van der Waals surface area contributed by atoms with Crippen LogP contribution in [0.5, 0.6) is 0 Å². The van der Waals surface area contributed by atoms with Gasteiger partial charge in [-0.05, 0) is 13.8 Å². The number of terminal acetylenes is 1. The maximum absolute atomic E-state index is 4.00. The first-order valence-electron chi connectivity index (χ1n) is 4.39. The molecule has 0 saturated heterocycles. The summed E-state index contributed by atoms with van der Waals surface area (Å²) in [5, 5.41) is 0. The van der Waals surface area contributed by atoms with E-state index >= 15 is 0 Å². The Morgan fingerprint density at radius 3 is 1.31 bits per heavy atom. The Kier molecular flexibility index (Phi) is 155. The summed E-state index contributed by atoms with van der Waals surface area (Å²) < 4.78 is 0. The molecule has 0 unspecified atom stereocenters. The molecule has 0 heteroatoms. The normalized spacial score (nSPS) is 5.54. The Balaban J connectivity index is -0.0000000263. The van der Waals surface area contributed by atoms with Crippen LogP contribution in [0, 0.1) is 12.8 Å². The van der Waals surface area contributed by atoms with Gasteiger partial charge in [0.1, 0.15) is 0 Å². The highest BCUT2D eigenvalue weighted by Gasteiger charge is 1.63. The SMILES string of the molecule is C.C#C.C=C(C)/C=C\C.CC.CC. The van der Waals surface area contributed by atoms with Crippen molar-refractivity contribution in [3.8, 4) is 12.8 Å². The quantitative estimate of drug-likeness (QED) is 0.394. The number of hydrogen-bond donors (Lipinski definition) is 0. The van der Waals surface area contributed by atoms with E-state index in [2.05, 4.69) is 19.4 Å². The molecule has 0 radical (unpaired) electrons. The zero-order valence-electron chi connectivity index (χ0n) is 9.52. The van der Waals surface area contributed by atoms with E-state index in [0.29, 0.717) is 0 Å². The van der Waals surface area contributed by atoms with Crippen LogP contribution >= 0.6 is 0 Å². The molecule has 0 atom stereocenters. The van der Waals surface area contributed by atoms with Crippen LogP contribution in [0.25, 0.3) is 0 Å². The standard InChI is InChI=1S/C6H10.2C2H6.C2H2.CH4/c1-4-5-6(2)3;3*1-2;/h4-5H,2H2,1,3H3;2*1-2H3;1-2H;1H4/b5-4-;;;;. The second-order valence-corrected chi connectivity index (χ2v) is 1.35. The van der Waals surface area contributed by atoms with E-state index in [1.807, 2.05) is 53.7 Å². The van der Waals surface area contributed by atoms with Crippen LogP contribution in [0.2, 0.25) is 0 Å². The van der Waals surface area contributed by atoms with Gasteiger partial charge in [-0.15, -0.1) is 12.8 Å². The molecule has 0 amide bonds. The van der Waals surface area contributed by atoms with Crippen LogP contribution in [0.4, 0.5) is 0 Å². The van der Waals surface area contributed by atoms with Crippen molar-refractivity contribution in [1.29, 1.82) is 0 Å². The third-order valence-corrected chi connectivity index (χ3v) is 0.451. The highest BCUT2D eigenvalue weighted by molar-refractivity contribution is 5.09. The van der Waals surface area contributed by atoms with Gasteiger partial charge >= 0.3 is 0 Å². The molecule has 0 rings (SSSR count). The van der Waals surface area contributed by atoms with Crippen molar-refractivity contribution in [2.24, 2.45) is 0 Å². The van der Waals surface area contributed by atoms with E-state index < -0.39 is 0 Å². The van der Waals surface area contributed by atoms with Gasteiger partial charge in [0.2, 0.25) is 0 Å². The van der Waals surface area contributed by atoms with Gasteiger partial charge in [-0.3, -0.25) is 0 Å². The molecule has 0 nitrogen and oxygen atoms in total. The minimum atomic E-state index is 0. The average molecular weight is 184 g/mol. The summed E-state index contributed by atoms with van der Waals surface area (Å²) >= 11 is 0. The maximum Gasteiger partial charge on any atom is -0.0404 e. The molecule has 13 heavy (non-hydrogen) atoms. The van der Waals surface area contributed by atoms with Gasteiger partial charge in [0.15, 0.2) is 0 Å². The second kappa shape index (κ2) is 68.2. The lowest BCUT2D eigenvalue weighted by Gasteiger charge is -1.75. The fourth-order valence-corrected chi connectivity index (χ4v) is 0.285. The molecule has 0 fully saturated rings. The molecule has 0 aromatic carbocycles. The summed E-state index contributed by atoms with van der Waals surface area (Å²) in [6.45, 7) is 15.6. The van der Waals surface area contributed by atoms with E-state index in [0.717, 1.165) is 5.57 Å². The van der Waals surface area contributed by atoms with Gasteiger partial charge in [-0.1, -0.05) is 59.4 Å². The van der Waals surface area contributed by atoms with Gasteiger partial charge in [0.25, 0.3) is 0 Å². The Labute approximate surface area is 86.8 Å². The fraction of sp³-hybridized carbons (Fsp3) is 0.538. The van der Waals surface area contributed by atoms with Crippen molar-refractivity contribution in [2.45, 2.75) is 49.0 Å². The first-order valence-corrected chi connectivity index (χ1v) is 4.39. The summed E-state index contributed by atoms with van der Waals surface area (Å²) in [5.74, 6) is 0. The molecule has 0 bridgehead atoms. The first-order chi connectivity index (χ1) is 5.77. The summed E-state index contributed by atoms with van der Waals surface area (Å²) in [4.78, 5) is 0. The largest absolute Gasteiger partial charge is 0.124 e. The van der Waals surface area contributed by atoms with Crippen molar-refractivity contribution >= 4 is 0 Å². The minimum Gasteiger partial charge on any atom is -0.124 e. The van der Waals surface area contributed by atoms with Crippen LogP contribution in [0.3, 0.4) is 0 Å². The van der Waals surface area contributed by atoms with Crippen LogP contribution in [-0.2, 0) is 0 Å². The minimum absolute atomic E-state index is 0. The summed E-state index contributed by atoms with van der Waals surface area (Å²) in [5.41, 5.74) is 1.11. The molecular formula is C13H28. The highest BCUT2D eigenvalue weighted by Crippen LogP contribution is 1.85. The van der Waals surface area contributed by atoms with Crippen molar-refractivity contribution in [3.05, 3.63) is 24.3 Å². The summed E-state index contributed by atoms with van der Waals surface area (Å²) in [6, 6.07) is 0. The third-order valence-electron chi connectivity index (χ3n) is 0.451. The Morgan fingerprint density at radius 1 is 1.08 bits per heavy atom. The molecule has 0 heterocycles. The Hall–Kier alpha value is -0.960. The van der Waals surface area contributed by atoms with Crippen molar-refractivity contribution in [1.82, 2.24) is 0 Å². The number of allylic oxidation sites excluding steroid dienone is 3. The molecule has 0 N–H and O–H groups in total. The van der Waals surface area contributed by atoms with E-state index in [1.165, 1.54) is 0 Å². The molecule has 0 aliphatic heterocycles. The Morgan fingerprint density at radius 2 is 1.31 bits per heavy atom. The van der Waals surface area contributed by atoms with Crippen LogP contribution in [0.1, 0.15) is 49.0 Å². The van der Waals surface area contributed by atoms with Crippen molar-refractivity contribution in [2.75, 3.05) is 0 Å². The van der Waals surface area contributed by atoms with Gasteiger partial charge in [0.05, 0.1) is 0 Å². The summed E-state index contributed by atoms with van der Waals surface area (Å²) in [7, 11) is 0. The molecular weight excluding hydrogens is 156 g/mol. The van der Waals surface area contributed by atoms with E-state index in [9.17, 15) is 0 Å². The second-order valence-electron chi connectivity index (χ2n) is 1.35. The topological polar surface area (TPSA) is 0 Å². The van der Waals surface area contributed by atoms with Crippen LogP contribution < -0.4 is 0 Å². The fourth-order valence-electron chi connectivity index (χ4n) is 0.285. The molecule has 0 saturated carbocycles. The van der Waals surface area contributed by atoms with E-state index in [1.54, 1.807) is 0 Å². The van der Waals surface area contributed by atoms with E-state index in [4.69, 9.17) is 0 Å². The molecule has 0 aliphatic carbocycles. The molecule has 0 spiro atoms. The third kappa shape index (κ3) is 217. The molecule has 0 aliphatic rings. The monoisotopic (exact) mass is 184 g/mol. The lowest BCUT2D eigenvalue weighted by atomic mass is 10.3. The highest BCUT2D eigenvalue weighted by atomic mass is 13.7. The predicted octanol–water partition coefficient (Wildman–Crippen LogP) is 5.08. The van der Waals surface area contributed by atoms with Crippen LogP contribution in [0.15, 0.2) is 24.3 Å². The zero-order valence-corrected chi connectivity index (χ0v) is 9.52. The molecule has 0 aromatic heterocycles. The molecule has 80 valence electrons. The smallest absolute Gasteiger partial charge is 0.0404 e. The van der Waals surface area contributed by atoms with Gasteiger partial charge in [-0.2, -0.15) is 0 Å². The predicted molar refractivity (Wildman–Crippen MR) is 68.9 cm³/mol. The molecule has 0 aromatic rings. The van der Waals surface area contributed by atoms with Gasteiger partial charge in [-0.25, -0.2) is 0 Å². The Bertz CT molecular complexity index is 93.9. The number of rotatable bonds is 1. The summed E-state index contributed by atoms with van der Waals surface area (Å²) in [6.07, 6.45) is 11.9. The zero-order chi connectivity index (χ0) is 11.0. The lowest BCUT2D eigenvalue weighted by Crippen LogP contribution is -1.54. The lowest BCUT2D eigenvalue weighted by molar-refractivity contribution is 1.50.